The minimum Gasteiger partial charge on any atom is -0.162 e. The maximum atomic E-state index is 5.87. The highest BCUT2D eigenvalue weighted by molar-refractivity contribution is 7.99. The second-order valence-electron chi connectivity index (χ2n) is 3.50. The van der Waals surface area contributed by atoms with Crippen molar-refractivity contribution < 1.29 is 0 Å². The standard InChI is InChI=1S/C10H21ClS/c1-4-12-7-5-6-10(8-11)9(2)3/h9-10H,4-8H2,1-3H3. The summed E-state index contributed by atoms with van der Waals surface area (Å²) in [4.78, 5) is 0. The quantitative estimate of drug-likeness (QED) is 0.450. The van der Waals surface area contributed by atoms with Gasteiger partial charge in [0.1, 0.15) is 0 Å². The van der Waals surface area contributed by atoms with E-state index >= 15 is 0 Å². The normalized spacial score (nSPS) is 13.8. The van der Waals surface area contributed by atoms with Crippen molar-refractivity contribution in [2.75, 3.05) is 17.4 Å². The number of halogens is 1. The third-order valence-electron chi connectivity index (χ3n) is 2.21. The fraction of sp³-hybridized carbons (Fsp3) is 1.00. The second-order valence-corrected chi connectivity index (χ2v) is 5.20. The van der Waals surface area contributed by atoms with Crippen molar-refractivity contribution in [3.8, 4) is 0 Å². The van der Waals surface area contributed by atoms with Crippen molar-refractivity contribution in [3.05, 3.63) is 0 Å². The molecule has 0 aromatic heterocycles. The minimum absolute atomic E-state index is 0.726. The highest BCUT2D eigenvalue weighted by Gasteiger charge is 2.10. The first-order valence-electron chi connectivity index (χ1n) is 4.86. The molecule has 12 heavy (non-hydrogen) atoms. The van der Waals surface area contributed by atoms with Crippen molar-refractivity contribution >= 4 is 23.4 Å². The second kappa shape index (κ2) is 8.25. The largest absolute Gasteiger partial charge is 0.162 e. The van der Waals surface area contributed by atoms with Crippen molar-refractivity contribution in [1.29, 1.82) is 0 Å². The van der Waals surface area contributed by atoms with E-state index in [1.807, 2.05) is 11.8 Å². The molecule has 0 amide bonds. The summed E-state index contributed by atoms with van der Waals surface area (Å²) in [6.07, 6.45) is 2.63. The van der Waals surface area contributed by atoms with Crippen LogP contribution in [0.4, 0.5) is 0 Å². The summed E-state index contributed by atoms with van der Waals surface area (Å²) >= 11 is 7.90. The van der Waals surface area contributed by atoms with E-state index in [4.69, 9.17) is 11.6 Å². The first-order valence-corrected chi connectivity index (χ1v) is 6.55. The van der Waals surface area contributed by atoms with Gasteiger partial charge in [-0.2, -0.15) is 11.8 Å². The molecular weight excluding hydrogens is 188 g/mol. The smallest absolute Gasteiger partial charge is 0.0254 e. The number of alkyl halides is 1. The molecule has 0 nitrogen and oxygen atoms in total. The predicted molar refractivity (Wildman–Crippen MR) is 61.3 cm³/mol. The van der Waals surface area contributed by atoms with Crippen LogP contribution in [0.25, 0.3) is 0 Å². The molecule has 0 N–H and O–H groups in total. The third kappa shape index (κ3) is 6.19. The lowest BCUT2D eigenvalue weighted by Crippen LogP contribution is -2.10. The Hall–Kier alpha value is 0.640. The summed E-state index contributed by atoms with van der Waals surface area (Å²) in [5.41, 5.74) is 0. The molecule has 0 saturated heterocycles. The zero-order chi connectivity index (χ0) is 9.40. The lowest BCUT2D eigenvalue weighted by atomic mass is 9.93. The van der Waals surface area contributed by atoms with Crippen LogP contribution in [0.2, 0.25) is 0 Å². The maximum Gasteiger partial charge on any atom is 0.0254 e. The van der Waals surface area contributed by atoms with Crippen molar-refractivity contribution in [1.82, 2.24) is 0 Å². The molecule has 0 fully saturated rings. The van der Waals surface area contributed by atoms with E-state index in [0.29, 0.717) is 0 Å². The van der Waals surface area contributed by atoms with Crippen molar-refractivity contribution in [3.63, 3.8) is 0 Å². The summed E-state index contributed by atoms with van der Waals surface area (Å²) in [6, 6.07) is 0. The molecule has 0 aromatic carbocycles. The van der Waals surface area contributed by atoms with Crippen molar-refractivity contribution in [2.24, 2.45) is 11.8 Å². The third-order valence-corrected chi connectivity index (χ3v) is 3.59. The van der Waals surface area contributed by atoms with Crippen LogP contribution in [0.15, 0.2) is 0 Å². The van der Waals surface area contributed by atoms with Crippen LogP contribution in [0.1, 0.15) is 33.6 Å². The van der Waals surface area contributed by atoms with E-state index < -0.39 is 0 Å². The van der Waals surface area contributed by atoms with Gasteiger partial charge in [-0.25, -0.2) is 0 Å². The van der Waals surface area contributed by atoms with Gasteiger partial charge in [-0.15, -0.1) is 11.6 Å². The van der Waals surface area contributed by atoms with E-state index in [-0.39, 0.29) is 0 Å². The highest BCUT2D eigenvalue weighted by Crippen LogP contribution is 2.19. The first-order chi connectivity index (χ1) is 5.72. The van der Waals surface area contributed by atoms with Crippen LogP contribution in [-0.2, 0) is 0 Å². The summed E-state index contributed by atoms with van der Waals surface area (Å²) in [6.45, 7) is 6.74. The average Bonchev–Trinajstić information content (AvgIpc) is 2.04. The monoisotopic (exact) mass is 208 g/mol. The van der Waals surface area contributed by atoms with E-state index in [0.717, 1.165) is 17.7 Å². The number of thioether (sulfide) groups is 1. The van der Waals surface area contributed by atoms with Crippen LogP contribution in [0, 0.1) is 11.8 Å². The van der Waals surface area contributed by atoms with E-state index in [1.165, 1.54) is 24.3 Å². The molecule has 0 spiro atoms. The zero-order valence-electron chi connectivity index (χ0n) is 8.48. The van der Waals surface area contributed by atoms with E-state index in [9.17, 15) is 0 Å². The van der Waals surface area contributed by atoms with Gasteiger partial charge in [-0.3, -0.25) is 0 Å². The molecule has 1 atom stereocenters. The summed E-state index contributed by atoms with van der Waals surface area (Å²) < 4.78 is 0. The van der Waals surface area contributed by atoms with Gasteiger partial charge in [0.2, 0.25) is 0 Å². The molecule has 74 valence electrons. The van der Waals surface area contributed by atoms with Gasteiger partial charge < -0.3 is 0 Å². The van der Waals surface area contributed by atoms with Gasteiger partial charge in [0.05, 0.1) is 0 Å². The molecule has 0 rings (SSSR count). The molecule has 0 saturated carbocycles. The lowest BCUT2D eigenvalue weighted by Gasteiger charge is -2.17. The van der Waals surface area contributed by atoms with E-state index in [1.54, 1.807) is 0 Å². The zero-order valence-corrected chi connectivity index (χ0v) is 10.0. The Morgan fingerprint density at radius 2 is 2.00 bits per heavy atom. The molecule has 0 aliphatic rings. The number of rotatable bonds is 7. The van der Waals surface area contributed by atoms with Gasteiger partial charge in [-0.1, -0.05) is 20.8 Å². The van der Waals surface area contributed by atoms with E-state index in [2.05, 4.69) is 20.8 Å². The molecule has 0 heterocycles. The Morgan fingerprint density at radius 3 is 2.42 bits per heavy atom. The van der Waals surface area contributed by atoms with Gasteiger partial charge in [0.25, 0.3) is 0 Å². The Labute approximate surface area is 86.5 Å². The molecule has 0 bridgehead atoms. The first kappa shape index (κ1) is 12.6. The molecule has 2 heteroatoms. The summed E-state index contributed by atoms with van der Waals surface area (Å²) in [7, 11) is 0. The molecule has 0 aliphatic heterocycles. The SMILES string of the molecule is CCSCCCC(CCl)C(C)C. The fourth-order valence-corrected chi connectivity index (χ4v) is 2.35. The number of hydrogen-bond donors (Lipinski definition) is 0. The Bertz CT molecular complexity index is 93.8. The molecule has 1 unspecified atom stereocenters. The Morgan fingerprint density at radius 1 is 1.33 bits per heavy atom. The van der Waals surface area contributed by atoms with Gasteiger partial charge in [0.15, 0.2) is 0 Å². The average molecular weight is 209 g/mol. The lowest BCUT2D eigenvalue weighted by molar-refractivity contribution is 0.395. The molecule has 0 aromatic rings. The molecular formula is C10H21ClS. The van der Waals surface area contributed by atoms with Gasteiger partial charge >= 0.3 is 0 Å². The van der Waals surface area contributed by atoms with Crippen LogP contribution in [-0.4, -0.2) is 17.4 Å². The predicted octanol–water partition coefficient (Wildman–Crippen LogP) is 4.03. The Kier molecular flexibility index (Phi) is 8.69. The summed E-state index contributed by atoms with van der Waals surface area (Å²) in [5.74, 6) is 4.84. The Balaban J connectivity index is 3.32. The van der Waals surface area contributed by atoms with Gasteiger partial charge in [0, 0.05) is 5.88 Å². The van der Waals surface area contributed by atoms with Gasteiger partial charge in [-0.05, 0) is 36.2 Å². The molecule has 0 aliphatic carbocycles. The van der Waals surface area contributed by atoms with Crippen LogP contribution >= 0.6 is 23.4 Å². The maximum absolute atomic E-state index is 5.87. The van der Waals surface area contributed by atoms with Crippen LogP contribution in [0.5, 0.6) is 0 Å². The highest BCUT2D eigenvalue weighted by atomic mass is 35.5. The van der Waals surface area contributed by atoms with Crippen LogP contribution in [0.3, 0.4) is 0 Å². The molecule has 0 radical (unpaired) electrons. The summed E-state index contributed by atoms with van der Waals surface area (Å²) in [5, 5.41) is 0. The minimum atomic E-state index is 0.726. The van der Waals surface area contributed by atoms with Crippen molar-refractivity contribution in [2.45, 2.75) is 33.6 Å². The topological polar surface area (TPSA) is 0 Å². The fourth-order valence-electron chi connectivity index (χ4n) is 1.18. The number of hydrogen-bond acceptors (Lipinski definition) is 1. The van der Waals surface area contributed by atoms with Crippen LogP contribution < -0.4 is 0 Å².